The largest absolute Gasteiger partial charge is 0.378 e. The summed E-state index contributed by atoms with van der Waals surface area (Å²) >= 11 is 0. The Labute approximate surface area is 103 Å². The van der Waals surface area contributed by atoms with Crippen LogP contribution < -0.4 is 5.32 Å². The first-order valence-corrected chi connectivity index (χ1v) is 5.73. The Morgan fingerprint density at radius 2 is 2.00 bits per heavy atom. The van der Waals surface area contributed by atoms with E-state index in [9.17, 15) is 8.78 Å². The fourth-order valence-corrected chi connectivity index (χ4v) is 1.57. The minimum absolute atomic E-state index is 0.380. The molecular weight excluding hydrogens is 240 g/mol. The average Bonchev–Trinajstić information content (AvgIpc) is 2.94. The number of alkyl halides is 2. The van der Waals surface area contributed by atoms with E-state index in [-0.39, 0.29) is 6.54 Å². The highest BCUT2D eigenvalue weighted by Gasteiger charge is 2.05. The Morgan fingerprint density at radius 1 is 1.22 bits per heavy atom. The third-order valence-electron chi connectivity index (χ3n) is 2.47. The Morgan fingerprint density at radius 3 is 2.67 bits per heavy atom. The molecule has 0 aliphatic carbocycles. The van der Waals surface area contributed by atoms with Crippen LogP contribution in [0.25, 0.3) is 0 Å². The van der Waals surface area contributed by atoms with Crippen molar-refractivity contribution in [2.45, 2.75) is 33.0 Å². The molecule has 0 amide bonds. The van der Waals surface area contributed by atoms with E-state index in [2.05, 4.69) is 15.5 Å². The molecule has 2 aromatic heterocycles. The number of anilines is 1. The predicted molar refractivity (Wildman–Crippen MR) is 63.5 cm³/mol. The zero-order valence-electron chi connectivity index (χ0n) is 10.1. The number of hydrogen-bond acceptors (Lipinski definition) is 3. The molecule has 0 aliphatic heterocycles. The Balaban J connectivity index is 1.87. The number of aromatic nitrogens is 4. The first-order valence-electron chi connectivity index (χ1n) is 5.73. The molecule has 0 saturated carbocycles. The van der Waals surface area contributed by atoms with Crippen LogP contribution in [0.3, 0.4) is 0 Å². The number of nitrogens with one attached hydrogen (secondary N) is 1. The number of rotatable bonds is 6. The van der Waals surface area contributed by atoms with E-state index in [4.69, 9.17) is 0 Å². The zero-order valence-corrected chi connectivity index (χ0v) is 10.1. The lowest BCUT2D eigenvalue weighted by Gasteiger charge is -2.00. The van der Waals surface area contributed by atoms with Gasteiger partial charge in [-0.3, -0.25) is 9.36 Å². The molecule has 0 fully saturated rings. The molecule has 7 heteroatoms. The lowest BCUT2D eigenvalue weighted by atomic mass is 10.3. The smallest absolute Gasteiger partial charge is 0.257 e. The van der Waals surface area contributed by atoms with Gasteiger partial charge in [-0.1, -0.05) is 0 Å². The van der Waals surface area contributed by atoms with Gasteiger partial charge in [-0.2, -0.15) is 10.2 Å². The van der Waals surface area contributed by atoms with Gasteiger partial charge in [-0.15, -0.1) is 0 Å². The summed E-state index contributed by atoms with van der Waals surface area (Å²) in [6.07, 6.45) is 4.43. The summed E-state index contributed by atoms with van der Waals surface area (Å²) < 4.78 is 27.3. The second-order valence-corrected chi connectivity index (χ2v) is 3.90. The van der Waals surface area contributed by atoms with Crippen LogP contribution in [0.4, 0.5) is 14.5 Å². The van der Waals surface area contributed by atoms with Crippen molar-refractivity contribution in [3.05, 3.63) is 30.4 Å². The Hall–Kier alpha value is -1.92. The highest BCUT2D eigenvalue weighted by molar-refractivity contribution is 5.38. The van der Waals surface area contributed by atoms with Crippen molar-refractivity contribution in [2.75, 3.05) is 5.32 Å². The van der Waals surface area contributed by atoms with Crippen molar-refractivity contribution in [2.24, 2.45) is 0 Å². The lowest BCUT2D eigenvalue weighted by Crippen LogP contribution is -2.06. The minimum atomic E-state index is -2.39. The van der Waals surface area contributed by atoms with Crippen molar-refractivity contribution < 1.29 is 8.78 Å². The second-order valence-electron chi connectivity index (χ2n) is 3.90. The summed E-state index contributed by atoms with van der Waals surface area (Å²) in [6.45, 7) is 3.06. The molecule has 18 heavy (non-hydrogen) atoms. The SMILES string of the molecule is CCn1cc(CNc2cnn(CC(F)F)c2)cn1. The molecule has 98 valence electrons. The van der Waals surface area contributed by atoms with Gasteiger partial charge in [-0.05, 0) is 6.92 Å². The van der Waals surface area contributed by atoms with Crippen LogP contribution in [0.1, 0.15) is 12.5 Å². The number of aryl methyl sites for hydroxylation is 1. The predicted octanol–water partition coefficient (Wildman–Crippen LogP) is 1.98. The minimum Gasteiger partial charge on any atom is -0.378 e. The van der Waals surface area contributed by atoms with Gasteiger partial charge in [0.05, 0.1) is 18.1 Å². The van der Waals surface area contributed by atoms with Gasteiger partial charge in [0.25, 0.3) is 6.43 Å². The molecule has 0 unspecified atom stereocenters. The standard InChI is InChI=1S/C11H15F2N5/c1-2-17-6-9(4-15-17)3-14-10-5-16-18(7-10)8-11(12)13/h4-7,11,14H,2-3,8H2,1H3. The van der Waals surface area contributed by atoms with Crippen molar-refractivity contribution in [3.8, 4) is 0 Å². The van der Waals surface area contributed by atoms with Crippen molar-refractivity contribution in [1.29, 1.82) is 0 Å². The maximum absolute atomic E-state index is 12.1. The van der Waals surface area contributed by atoms with E-state index in [0.29, 0.717) is 6.54 Å². The fraction of sp³-hybridized carbons (Fsp3) is 0.455. The molecule has 1 N–H and O–H groups in total. The number of halogens is 2. The van der Waals surface area contributed by atoms with Crippen molar-refractivity contribution in [1.82, 2.24) is 19.6 Å². The molecule has 0 spiro atoms. The van der Waals surface area contributed by atoms with E-state index in [1.165, 1.54) is 10.9 Å². The molecule has 2 rings (SSSR count). The van der Waals surface area contributed by atoms with E-state index >= 15 is 0 Å². The van der Waals surface area contributed by atoms with Gasteiger partial charge >= 0.3 is 0 Å². The van der Waals surface area contributed by atoms with Crippen LogP contribution in [-0.2, 0) is 19.6 Å². The van der Waals surface area contributed by atoms with Crippen LogP contribution in [-0.4, -0.2) is 26.0 Å². The molecule has 5 nitrogen and oxygen atoms in total. The van der Waals surface area contributed by atoms with E-state index in [1.807, 2.05) is 17.8 Å². The average molecular weight is 255 g/mol. The first kappa shape index (κ1) is 12.5. The molecule has 2 heterocycles. The van der Waals surface area contributed by atoms with E-state index < -0.39 is 6.43 Å². The van der Waals surface area contributed by atoms with Gasteiger partial charge in [0.2, 0.25) is 0 Å². The van der Waals surface area contributed by atoms with Crippen LogP contribution in [0.15, 0.2) is 24.8 Å². The van der Waals surface area contributed by atoms with Gasteiger partial charge in [0.1, 0.15) is 6.54 Å². The third kappa shape index (κ3) is 3.28. The van der Waals surface area contributed by atoms with Crippen LogP contribution in [0, 0.1) is 0 Å². The molecule has 0 bridgehead atoms. The molecule has 0 radical (unpaired) electrons. The third-order valence-corrected chi connectivity index (χ3v) is 2.47. The topological polar surface area (TPSA) is 47.7 Å². The van der Waals surface area contributed by atoms with Crippen LogP contribution >= 0.6 is 0 Å². The summed E-state index contributed by atoms with van der Waals surface area (Å²) in [4.78, 5) is 0. The monoisotopic (exact) mass is 255 g/mol. The van der Waals surface area contributed by atoms with E-state index in [1.54, 1.807) is 12.4 Å². The maximum Gasteiger partial charge on any atom is 0.257 e. The Bertz CT molecular complexity index is 491. The number of nitrogens with zero attached hydrogens (tertiary/aromatic N) is 4. The van der Waals surface area contributed by atoms with Crippen molar-refractivity contribution in [3.63, 3.8) is 0 Å². The molecule has 0 saturated heterocycles. The summed E-state index contributed by atoms with van der Waals surface area (Å²) in [7, 11) is 0. The highest BCUT2D eigenvalue weighted by Crippen LogP contribution is 2.09. The van der Waals surface area contributed by atoms with Gasteiger partial charge in [0.15, 0.2) is 0 Å². The number of hydrogen-bond donors (Lipinski definition) is 1. The molecule has 0 aliphatic rings. The van der Waals surface area contributed by atoms with Gasteiger partial charge in [0, 0.05) is 31.0 Å². The molecular formula is C11H15F2N5. The lowest BCUT2D eigenvalue weighted by molar-refractivity contribution is 0.122. The molecule has 0 atom stereocenters. The molecule has 2 aromatic rings. The maximum atomic E-state index is 12.1. The second kappa shape index (κ2) is 5.61. The quantitative estimate of drug-likeness (QED) is 0.858. The van der Waals surface area contributed by atoms with Gasteiger partial charge < -0.3 is 5.32 Å². The summed E-state index contributed by atoms with van der Waals surface area (Å²) in [6, 6.07) is 0. The normalized spacial score (nSPS) is 11.1. The zero-order chi connectivity index (χ0) is 13.0. The van der Waals surface area contributed by atoms with Gasteiger partial charge in [-0.25, -0.2) is 8.78 Å². The summed E-state index contributed by atoms with van der Waals surface area (Å²) in [5.74, 6) is 0. The van der Waals surface area contributed by atoms with E-state index in [0.717, 1.165) is 17.8 Å². The first-order chi connectivity index (χ1) is 8.67. The van der Waals surface area contributed by atoms with Crippen LogP contribution in [0.5, 0.6) is 0 Å². The van der Waals surface area contributed by atoms with Crippen LogP contribution in [0.2, 0.25) is 0 Å². The molecule has 0 aromatic carbocycles. The summed E-state index contributed by atoms with van der Waals surface area (Å²) in [5.41, 5.74) is 1.76. The fourth-order valence-electron chi connectivity index (χ4n) is 1.57. The summed E-state index contributed by atoms with van der Waals surface area (Å²) in [5, 5.41) is 11.1. The highest BCUT2D eigenvalue weighted by atomic mass is 19.3. The Kier molecular flexibility index (Phi) is 3.91. The van der Waals surface area contributed by atoms with Crippen molar-refractivity contribution >= 4 is 5.69 Å².